The maximum absolute atomic E-state index is 11.3. The third-order valence-electron chi connectivity index (χ3n) is 2.52. The molecule has 1 aromatic rings. The standard InChI is InChI=1S/C11H15NO6S/c1-2-19(16,17)6-5-18-11-4-3-10(12(14)15)7-9(11)8-13/h3-4,7,13H,2,5-6,8H2,1H3. The van der Waals surface area contributed by atoms with Gasteiger partial charge in [-0.2, -0.15) is 0 Å². The van der Waals surface area contributed by atoms with Crippen molar-refractivity contribution in [3.05, 3.63) is 33.9 Å². The summed E-state index contributed by atoms with van der Waals surface area (Å²) in [5.74, 6) is 0.147. The van der Waals surface area contributed by atoms with Crippen molar-refractivity contribution in [2.45, 2.75) is 13.5 Å². The first-order valence-corrected chi connectivity index (χ1v) is 7.43. The van der Waals surface area contributed by atoms with Crippen LogP contribution in [-0.2, 0) is 16.4 Å². The second kappa shape index (κ2) is 6.48. The maximum atomic E-state index is 11.3. The van der Waals surface area contributed by atoms with E-state index in [0.29, 0.717) is 0 Å². The molecular weight excluding hydrogens is 274 g/mol. The summed E-state index contributed by atoms with van der Waals surface area (Å²) in [6.45, 7) is 1.07. The Morgan fingerprint density at radius 3 is 2.63 bits per heavy atom. The summed E-state index contributed by atoms with van der Waals surface area (Å²) in [7, 11) is -3.13. The molecule has 8 heteroatoms. The zero-order valence-electron chi connectivity index (χ0n) is 10.4. The summed E-state index contributed by atoms with van der Waals surface area (Å²) < 4.78 is 27.8. The van der Waals surface area contributed by atoms with Crippen molar-refractivity contribution in [3.8, 4) is 5.75 Å². The van der Waals surface area contributed by atoms with Crippen molar-refractivity contribution in [3.63, 3.8) is 0 Å². The fraction of sp³-hybridized carbons (Fsp3) is 0.455. The third-order valence-corrected chi connectivity index (χ3v) is 4.19. The molecule has 0 heterocycles. The Morgan fingerprint density at radius 2 is 2.11 bits per heavy atom. The van der Waals surface area contributed by atoms with Gasteiger partial charge in [-0.05, 0) is 6.07 Å². The summed E-state index contributed by atoms with van der Waals surface area (Å²) in [5.41, 5.74) is 0.0978. The minimum absolute atomic E-state index is 0.0312. The lowest BCUT2D eigenvalue weighted by Crippen LogP contribution is -2.16. The van der Waals surface area contributed by atoms with Crippen LogP contribution in [0.5, 0.6) is 5.75 Å². The van der Waals surface area contributed by atoms with Crippen molar-refractivity contribution in [2.75, 3.05) is 18.1 Å². The Morgan fingerprint density at radius 1 is 1.42 bits per heavy atom. The predicted octanol–water partition coefficient (Wildman–Crippen LogP) is 0.901. The van der Waals surface area contributed by atoms with Gasteiger partial charge in [0.15, 0.2) is 9.84 Å². The van der Waals surface area contributed by atoms with Crippen LogP contribution in [0.15, 0.2) is 18.2 Å². The first-order chi connectivity index (χ1) is 8.89. The topological polar surface area (TPSA) is 107 Å². The van der Waals surface area contributed by atoms with Crippen molar-refractivity contribution in [1.29, 1.82) is 0 Å². The molecule has 0 spiro atoms. The number of hydrogen-bond donors (Lipinski definition) is 1. The number of nitro groups is 1. The Kier molecular flexibility index (Phi) is 5.25. The minimum Gasteiger partial charge on any atom is -0.492 e. The zero-order valence-corrected chi connectivity index (χ0v) is 11.2. The lowest BCUT2D eigenvalue weighted by molar-refractivity contribution is -0.385. The van der Waals surface area contributed by atoms with E-state index in [0.717, 1.165) is 0 Å². The number of hydrogen-bond acceptors (Lipinski definition) is 6. The highest BCUT2D eigenvalue weighted by atomic mass is 32.2. The molecule has 19 heavy (non-hydrogen) atoms. The van der Waals surface area contributed by atoms with Gasteiger partial charge in [-0.1, -0.05) is 6.92 Å². The second-order valence-corrected chi connectivity index (χ2v) is 6.26. The first kappa shape index (κ1) is 15.4. The van der Waals surface area contributed by atoms with Crippen LogP contribution in [0.25, 0.3) is 0 Å². The van der Waals surface area contributed by atoms with Gasteiger partial charge in [0.05, 0.1) is 17.3 Å². The molecule has 0 fully saturated rings. The van der Waals surface area contributed by atoms with Gasteiger partial charge in [-0.15, -0.1) is 0 Å². The monoisotopic (exact) mass is 289 g/mol. The molecule has 1 aromatic carbocycles. The van der Waals surface area contributed by atoms with E-state index in [4.69, 9.17) is 9.84 Å². The largest absolute Gasteiger partial charge is 0.492 e. The molecule has 7 nitrogen and oxygen atoms in total. The van der Waals surface area contributed by atoms with Gasteiger partial charge in [0.2, 0.25) is 0 Å². The Balaban J connectivity index is 2.76. The molecule has 106 valence electrons. The lowest BCUT2D eigenvalue weighted by atomic mass is 10.2. The molecule has 0 aliphatic heterocycles. The van der Waals surface area contributed by atoms with Gasteiger partial charge in [0.1, 0.15) is 12.4 Å². The minimum atomic E-state index is -3.13. The van der Waals surface area contributed by atoms with Crippen LogP contribution < -0.4 is 4.74 Å². The van der Waals surface area contributed by atoms with Crippen molar-refractivity contribution < 1.29 is 23.2 Å². The van der Waals surface area contributed by atoms with Gasteiger partial charge in [0.25, 0.3) is 5.69 Å². The summed E-state index contributed by atoms with van der Waals surface area (Å²) in [4.78, 5) is 9.99. The molecule has 0 aliphatic rings. The highest BCUT2D eigenvalue weighted by Crippen LogP contribution is 2.24. The van der Waals surface area contributed by atoms with E-state index in [-0.39, 0.29) is 35.1 Å². The first-order valence-electron chi connectivity index (χ1n) is 5.61. The molecule has 0 radical (unpaired) electrons. The number of nitro benzene ring substituents is 1. The van der Waals surface area contributed by atoms with Crippen LogP contribution in [0.4, 0.5) is 5.69 Å². The quantitative estimate of drug-likeness (QED) is 0.590. The maximum Gasteiger partial charge on any atom is 0.270 e. The molecule has 0 saturated carbocycles. The molecule has 1 rings (SSSR count). The number of aliphatic hydroxyl groups is 1. The molecule has 0 atom stereocenters. The predicted molar refractivity (Wildman–Crippen MR) is 68.8 cm³/mol. The number of sulfone groups is 1. The fourth-order valence-corrected chi connectivity index (χ4v) is 1.99. The molecule has 0 unspecified atom stereocenters. The summed E-state index contributed by atoms with van der Waals surface area (Å²) in [5, 5.41) is 19.7. The zero-order chi connectivity index (χ0) is 14.5. The average molecular weight is 289 g/mol. The lowest BCUT2D eigenvalue weighted by Gasteiger charge is -2.09. The van der Waals surface area contributed by atoms with E-state index in [1.54, 1.807) is 6.92 Å². The van der Waals surface area contributed by atoms with E-state index >= 15 is 0 Å². The van der Waals surface area contributed by atoms with Crippen LogP contribution in [0.3, 0.4) is 0 Å². The van der Waals surface area contributed by atoms with E-state index in [1.165, 1.54) is 18.2 Å². The van der Waals surface area contributed by atoms with Crippen LogP contribution >= 0.6 is 0 Å². The smallest absolute Gasteiger partial charge is 0.270 e. The van der Waals surface area contributed by atoms with Gasteiger partial charge < -0.3 is 9.84 Å². The number of nitrogens with zero attached hydrogens (tertiary/aromatic N) is 1. The molecule has 1 N–H and O–H groups in total. The van der Waals surface area contributed by atoms with Crippen molar-refractivity contribution in [2.24, 2.45) is 0 Å². The van der Waals surface area contributed by atoms with Gasteiger partial charge in [-0.3, -0.25) is 10.1 Å². The molecular formula is C11H15NO6S. The average Bonchev–Trinajstić information content (AvgIpc) is 2.38. The number of aliphatic hydroxyl groups excluding tert-OH is 1. The molecule has 0 bridgehead atoms. The summed E-state index contributed by atoms with van der Waals surface area (Å²) >= 11 is 0. The van der Waals surface area contributed by atoms with Gasteiger partial charge >= 0.3 is 0 Å². The number of non-ortho nitro benzene ring substituents is 1. The third kappa shape index (κ3) is 4.49. The fourth-order valence-electron chi connectivity index (χ4n) is 1.37. The van der Waals surface area contributed by atoms with Crippen LogP contribution in [0, 0.1) is 10.1 Å². The van der Waals surface area contributed by atoms with Crippen molar-refractivity contribution >= 4 is 15.5 Å². The van der Waals surface area contributed by atoms with Crippen LogP contribution in [0.1, 0.15) is 12.5 Å². The summed E-state index contributed by atoms with van der Waals surface area (Å²) in [6.07, 6.45) is 0. The van der Waals surface area contributed by atoms with E-state index < -0.39 is 21.4 Å². The van der Waals surface area contributed by atoms with Gasteiger partial charge in [0, 0.05) is 23.4 Å². The van der Waals surface area contributed by atoms with E-state index in [2.05, 4.69) is 0 Å². The highest BCUT2D eigenvalue weighted by molar-refractivity contribution is 7.91. The van der Waals surface area contributed by atoms with E-state index in [9.17, 15) is 18.5 Å². The SMILES string of the molecule is CCS(=O)(=O)CCOc1ccc([N+](=O)[O-])cc1CO. The van der Waals surface area contributed by atoms with Crippen LogP contribution in [-0.4, -0.2) is 36.6 Å². The number of benzene rings is 1. The molecule has 0 aliphatic carbocycles. The number of ether oxygens (including phenoxy) is 1. The van der Waals surface area contributed by atoms with Gasteiger partial charge in [-0.25, -0.2) is 8.42 Å². The highest BCUT2D eigenvalue weighted by Gasteiger charge is 2.12. The van der Waals surface area contributed by atoms with Crippen molar-refractivity contribution in [1.82, 2.24) is 0 Å². The Bertz CT molecular complexity index is 554. The second-order valence-electron chi connectivity index (χ2n) is 3.79. The molecule has 0 aromatic heterocycles. The van der Waals surface area contributed by atoms with E-state index in [1.807, 2.05) is 0 Å². The van der Waals surface area contributed by atoms with Crippen LogP contribution in [0.2, 0.25) is 0 Å². The Hall–Kier alpha value is -1.67. The Labute approximate surface area is 110 Å². The summed E-state index contributed by atoms with van der Waals surface area (Å²) in [6, 6.07) is 3.79. The normalized spacial score (nSPS) is 11.3. The molecule has 0 amide bonds. The molecule has 0 saturated heterocycles. The number of rotatable bonds is 7.